The van der Waals surface area contributed by atoms with Crippen LogP contribution in [-0.2, 0) is 0 Å². The Bertz CT molecular complexity index is 1300. The van der Waals surface area contributed by atoms with E-state index in [0.717, 1.165) is 18.8 Å². The van der Waals surface area contributed by atoms with E-state index in [1.165, 1.54) is 11.3 Å². The number of rotatable bonds is 4. The van der Waals surface area contributed by atoms with Crippen LogP contribution in [0.4, 0.5) is 28.8 Å². The van der Waals surface area contributed by atoms with Crippen LogP contribution in [0, 0.1) is 6.92 Å². The van der Waals surface area contributed by atoms with E-state index in [-0.39, 0.29) is 12.6 Å². The zero-order valence-electron chi connectivity index (χ0n) is 18.7. The summed E-state index contributed by atoms with van der Waals surface area (Å²) in [5, 5.41) is 7.55. The first kappa shape index (κ1) is 21.5. The highest BCUT2D eigenvalue weighted by atomic mass is 35.5. The molecule has 3 aliphatic heterocycles. The molecule has 1 unspecified atom stereocenters. The number of nitrogens with one attached hydrogen (secondary N) is 2. The van der Waals surface area contributed by atoms with Crippen LogP contribution >= 0.6 is 23.2 Å². The van der Waals surface area contributed by atoms with Crippen molar-refractivity contribution in [3.05, 3.63) is 63.8 Å². The molecule has 1 aromatic heterocycles. The number of hydrogen-bond donors (Lipinski definition) is 2. The number of carbonyl (C=O) groups is 1. The fourth-order valence-electron chi connectivity index (χ4n) is 4.86. The lowest BCUT2D eigenvalue weighted by Crippen LogP contribution is -2.78. The molecule has 10 heteroatoms. The van der Waals surface area contributed by atoms with Crippen molar-refractivity contribution in [2.45, 2.75) is 19.0 Å². The van der Waals surface area contributed by atoms with E-state index in [2.05, 4.69) is 44.6 Å². The molecule has 8 nitrogen and oxygen atoms in total. The predicted octanol–water partition coefficient (Wildman–Crippen LogP) is 4.05. The van der Waals surface area contributed by atoms with Gasteiger partial charge in [0, 0.05) is 43.8 Å². The molecule has 2 aromatic carbocycles. The van der Waals surface area contributed by atoms with Crippen molar-refractivity contribution in [2.24, 2.45) is 0 Å². The summed E-state index contributed by atoms with van der Waals surface area (Å²) in [7, 11) is 1.87. The summed E-state index contributed by atoms with van der Waals surface area (Å²) in [5.41, 5.74) is 4.25. The summed E-state index contributed by atoms with van der Waals surface area (Å²) in [6, 6.07) is 12.7. The normalized spacial score (nSPS) is 20.9. The van der Waals surface area contributed by atoms with Crippen molar-refractivity contribution in [3.8, 4) is 0 Å². The van der Waals surface area contributed by atoms with Crippen molar-refractivity contribution in [1.29, 1.82) is 0 Å². The Morgan fingerprint density at radius 1 is 1.18 bits per heavy atom. The summed E-state index contributed by atoms with van der Waals surface area (Å²) >= 11 is 12.7. The molecule has 0 saturated carbocycles. The first-order valence-corrected chi connectivity index (χ1v) is 11.9. The second kappa shape index (κ2) is 8.01. The maximum Gasteiger partial charge on any atom is 0.265 e. The van der Waals surface area contributed by atoms with Gasteiger partial charge in [0.2, 0.25) is 5.95 Å². The molecule has 4 heterocycles. The highest BCUT2D eigenvalue weighted by Gasteiger charge is 2.45. The van der Waals surface area contributed by atoms with Gasteiger partial charge in [-0.25, -0.2) is 4.98 Å². The third kappa shape index (κ3) is 3.36. The first-order valence-electron chi connectivity index (χ1n) is 11.1. The fourth-order valence-corrected chi connectivity index (χ4v) is 5.46. The minimum atomic E-state index is -0.242. The summed E-state index contributed by atoms with van der Waals surface area (Å²) in [6.07, 6.45) is 1.55. The van der Waals surface area contributed by atoms with Crippen LogP contribution in [0.5, 0.6) is 0 Å². The van der Waals surface area contributed by atoms with Crippen molar-refractivity contribution in [1.82, 2.24) is 15.3 Å². The van der Waals surface area contributed by atoms with Crippen molar-refractivity contribution in [2.75, 3.05) is 46.8 Å². The SMILES string of the molecule is Cc1cc(Nc2ncc3c(n2)N(C)CN(c2c(Cl)cccc2Cl)C3=O)ccc1N1CC2NC[C@@H]21. The monoisotopic (exact) mass is 495 g/mol. The van der Waals surface area contributed by atoms with E-state index in [9.17, 15) is 4.79 Å². The number of piperazine rings is 1. The minimum Gasteiger partial charge on any atom is -0.364 e. The molecule has 2 N–H and O–H groups in total. The van der Waals surface area contributed by atoms with E-state index < -0.39 is 0 Å². The van der Waals surface area contributed by atoms with Crippen molar-refractivity contribution < 1.29 is 4.79 Å². The minimum absolute atomic E-state index is 0.242. The highest BCUT2D eigenvalue weighted by Crippen LogP contribution is 2.38. The van der Waals surface area contributed by atoms with Gasteiger partial charge in [-0.05, 0) is 42.8 Å². The Hall–Kier alpha value is -3.07. The number of aryl methyl sites for hydroxylation is 1. The van der Waals surface area contributed by atoms with Crippen LogP contribution in [0.3, 0.4) is 0 Å². The zero-order valence-corrected chi connectivity index (χ0v) is 20.2. The zero-order chi connectivity index (χ0) is 23.6. The third-order valence-electron chi connectivity index (χ3n) is 6.78. The number of carbonyl (C=O) groups excluding carboxylic acids is 1. The molecule has 34 heavy (non-hydrogen) atoms. The van der Waals surface area contributed by atoms with Crippen LogP contribution in [0.2, 0.25) is 10.0 Å². The molecule has 3 aromatic rings. The van der Waals surface area contributed by atoms with Gasteiger partial charge in [-0.1, -0.05) is 29.3 Å². The van der Waals surface area contributed by atoms with E-state index in [0.29, 0.717) is 45.1 Å². The Morgan fingerprint density at radius 2 is 1.97 bits per heavy atom. The van der Waals surface area contributed by atoms with Crippen LogP contribution in [-0.4, -0.2) is 54.8 Å². The average molecular weight is 496 g/mol. The lowest BCUT2D eigenvalue weighted by Gasteiger charge is -2.57. The quantitative estimate of drug-likeness (QED) is 0.565. The van der Waals surface area contributed by atoms with E-state index in [4.69, 9.17) is 23.2 Å². The summed E-state index contributed by atoms with van der Waals surface area (Å²) in [4.78, 5) is 28.2. The topological polar surface area (TPSA) is 76.6 Å². The second-order valence-corrected chi connectivity index (χ2v) is 9.75. The Balaban J connectivity index is 1.24. The molecule has 1 amide bonds. The third-order valence-corrected chi connectivity index (χ3v) is 7.39. The van der Waals surface area contributed by atoms with Crippen LogP contribution in [0.25, 0.3) is 0 Å². The molecular weight excluding hydrogens is 473 g/mol. The van der Waals surface area contributed by atoms with Gasteiger partial charge in [0.25, 0.3) is 5.91 Å². The molecule has 2 atom stereocenters. The Morgan fingerprint density at radius 3 is 2.62 bits per heavy atom. The van der Waals surface area contributed by atoms with E-state index >= 15 is 0 Å². The molecule has 3 aliphatic rings. The average Bonchev–Trinajstić information content (AvgIpc) is 2.79. The number of benzene rings is 2. The Kier molecular flexibility index (Phi) is 5.05. The van der Waals surface area contributed by atoms with Gasteiger partial charge in [0.15, 0.2) is 0 Å². The molecule has 0 radical (unpaired) electrons. The maximum atomic E-state index is 13.2. The highest BCUT2D eigenvalue weighted by molar-refractivity contribution is 6.40. The van der Waals surface area contributed by atoms with Crippen molar-refractivity contribution >= 4 is 57.9 Å². The van der Waals surface area contributed by atoms with Gasteiger partial charge in [-0.3, -0.25) is 9.69 Å². The summed E-state index contributed by atoms with van der Waals surface area (Å²) in [5.74, 6) is 0.745. The van der Waals surface area contributed by atoms with Crippen molar-refractivity contribution in [3.63, 3.8) is 0 Å². The molecule has 174 valence electrons. The molecule has 2 fully saturated rings. The first-order chi connectivity index (χ1) is 16.4. The van der Waals surface area contributed by atoms with Crippen LogP contribution < -0.4 is 25.3 Å². The standard InChI is InChI=1S/C24H23Cl2N7O/c1-13-8-14(6-7-19(13)32-11-18-20(32)10-27-18)29-24-28-9-15-22(30-24)31(2)12-33(23(15)34)21-16(25)4-3-5-17(21)26/h3-9,18,20,27H,10-12H2,1-2H3,(H,28,29,30)/t18?,20-/m0/s1. The molecule has 0 aliphatic carbocycles. The van der Waals surface area contributed by atoms with Gasteiger partial charge in [-0.2, -0.15) is 4.98 Å². The molecule has 2 saturated heterocycles. The number of halogens is 2. The summed E-state index contributed by atoms with van der Waals surface area (Å²) < 4.78 is 0. The number of aromatic nitrogens is 2. The van der Waals surface area contributed by atoms with Gasteiger partial charge in [-0.15, -0.1) is 0 Å². The number of anilines is 5. The summed E-state index contributed by atoms with van der Waals surface area (Å²) in [6.45, 7) is 4.50. The van der Waals surface area contributed by atoms with Gasteiger partial charge in [0.05, 0.1) is 28.4 Å². The number of nitrogens with zero attached hydrogens (tertiary/aromatic N) is 5. The van der Waals surface area contributed by atoms with Gasteiger partial charge >= 0.3 is 0 Å². The molecule has 6 rings (SSSR count). The van der Waals surface area contributed by atoms with Gasteiger partial charge in [0.1, 0.15) is 11.4 Å². The molecular formula is C24H23Cl2N7O. The predicted molar refractivity (Wildman–Crippen MR) is 136 cm³/mol. The number of hydrogen-bond acceptors (Lipinski definition) is 7. The van der Waals surface area contributed by atoms with Crippen LogP contribution in [0.1, 0.15) is 15.9 Å². The number of fused-ring (bicyclic) bond motifs is 2. The Labute approximate surface area is 207 Å². The number of amides is 1. The van der Waals surface area contributed by atoms with E-state index in [1.54, 1.807) is 29.3 Å². The lowest BCUT2D eigenvalue weighted by atomic mass is 9.87. The number of para-hydroxylation sites is 1. The largest absolute Gasteiger partial charge is 0.364 e. The molecule has 0 bridgehead atoms. The lowest BCUT2D eigenvalue weighted by molar-refractivity contribution is 0.0982. The van der Waals surface area contributed by atoms with Crippen LogP contribution in [0.15, 0.2) is 42.6 Å². The maximum absolute atomic E-state index is 13.2. The van der Waals surface area contributed by atoms with E-state index in [1.807, 2.05) is 18.0 Å². The second-order valence-electron chi connectivity index (χ2n) is 8.93. The van der Waals surface area contributed by atoms with Gasteiger partial charge < -0.3 is 20.4 Å². The molecule has 0 spiro atoms. The smallest absolute Gasteiger partial charge is 0.265 e. The fraction of sp³-hybridized carbons (Fsp3) is 0.292.